The number of nitrogens with two attached hydrogens (primary N) is 1. The molecule has 1 amide bonds. The molecule has 1 aromatic carbocycles. The highest BCUT2D eigenvalue weighted by molar-refractivity contribution is 5.89. The Morgan fingerprint density at radius 3 is 2.50 bits per heavy atom. The van der Waals surface area contributed by atoms with Crippen molar-refractivity contribution in [1.82, 2.24) is 4.90 Å². The van der Waals surface area contributed by atoms with Crippen LogP contribution in [0.25, 0.3) is 0 Å². The number of carboxylic acids is 1. The van der Waals surface area contributed by atoms with Gasteiger partial charge in [0.05, 0.1) is 6.54 Å². The summed E-state index contributed by atoms with van der Waals surface area (Å²) >= 11 is 0. The smallest absolute Gasteiger partial charge is 0.414 e. The van der Waals surface area contributed by atoms with Crippen molar-refractivity contribution in [2.45, 2.75) is 31.6 Å². The molecule has 2 saturated heterocycles. The lowest BCUT2D eigenvalue weighted by atomic mass is 9.91. The van der Waals surface area contributed by atoms with Crippen molar-refractivity contribution in [2.75, 3.05) is 31.1 Å². The maximum Gasteiger partial charge on any atom is 0.414 e. The van der Waals surface area contributed by atoms with Gasteiger partial charge in [-0.1, -0.05) is 12.1 Å². The van der Waals surface area contributed by atoms with Crippen LogP contribution in [0.5, 0.6) is 0 Å². The number of rotatable bonds is 6. The molecule has 4 N–H and O–H groups in total. The van der Waals surface area contributed by atoms with Crippen LogP contribution in [0.2, 0.25) is 0 Å². The highest BCUT2D eigenvalue weighted by Crippen LogP contribution is 2.25. The van der Waals surface area contributed by atoms with Gasteiger partial charge >= 0.3 is 12.1 Å². The van der Waals surface area contributed by atoms with Crippen molar-refractivity contribution >= 4 is 17.7 Å². The van der Waals surface area contributed by atoms with E-state index in [1.54, 1.807) is 4.90 Å². The number of nitrogens with zero attached hydrogens (tertiary/aromatic N) is 2. The molecular weight excluding hydrogens is 338 g/mol. The largest absolute Gasteiger partial charge is 0.479 e. The number of carbonyl (C=O) groups excluding carboxylic acids is 1. The summed E-state index contributed by atoms with van der Waals surface area (Å²) in [5.74, 6) is -1.38. The summed E-state index contributed by atoms with van der Waals surface area (Å²) < 4.78 is 5.48. The fourth-order valence-corrected chi connectivity index (χ4v) is 3.58. The molecule has 2 aliphatic rings. The van der Waals surface area contributed by atoms with Crippen molar-refractivity contribution in [1.29, 1.82) is 0 Å². The third-order valence-electron chi connectivity index (χ3n) is 5.15. The maximum absolute atomic E-state index is 12.2. The number of hydrogen-bond acceptors (Lipinski definition) is 6. The Bertz CT molecular complexity index is 643. The van der Waals surface area contributed by atoms with E-state index >= 15 is 0 Å². The minimum Gasteiger partial charge on any atom is -0.479 e. The minimum atomic E-state index is -1.30. The molecule has 0 aromatic heterocycles. The van der Waals surface area contributed by atoms with E-state index in [2.05, 4.69) is 4.90 Å². The fraction of sp³-hybridized carbons (Fsp3) is 0.556. The average molecular weight is 363 g/mol. The first kappa shape index (κ1) is 18.6. The second-order valence-electron chi connectivity index (χ2n) is 6.91. The number of amides is 1. The summed E-state index contributed by atoms with van der Waals surface area (Å²) in [5, 5.41) is 18.5. The van der Waals surface area contributed by atoms with Gasteiger partial charge in [-0.05, 0) is 49.5 Å². The SMILES string of the molecule is NCc1ccc(N2CC(CN3CCC(C(O)C(=O)O)CC3)OC2=O)cc1. The van der Waals surface area contributed by atoms with Crippen LogP contribution < -0.4 is 10.6 Å². The number of benzene rings is 1. The zero-order valence-electron chi connectivity index (χ0n) is 14.6. The van der Waals surface area contributed by atoms with Gasteiger partial charge in [-0.15, -0.1) is 0 Å². The number of hydrogen-bond donors (Lipinski definition) is 3. The quantitative estimate of drug-likeness (QED) is 0.679. The van der Waals surface area contributed by atoms with E-state index in [1.807, 2.05) is 24.3 Å². The first-order chi connectivity index (χ1) is 12.5. The molecule has 142 valence electrons. The monoisotopic (exact) mass is 363 g/mol. The Morgan fingerprint density at radius 2 is 1.92 bits per heavy atom. The lowest BCUT2D eigenvalue weighted by Crippen LogP contribution is -2.43. The van der Waals surface area contributed by atoms with E-state index in [4.69, 9.17) is 15.6 Å². The van der Waals surface area contributed by atoms with E-state index in [-0.39, 0.29) is 18.1 Å². The molecule has 8 heteroatoms. The molecular formula is C18H25N3O5. The van der Waals surface area contributed by atoms with Crippen molar-refractivity contribution < 1.29 is 24.5 Å². The van der Waals surface area contributed by atoms with Crippen LogP contribution in [-0.4, -0.2) is 65.6 Å². The Labute approximate surface area is 152 Å². The maximum atomic E-state index is 12.2. The number of likely N-dealkylation sites (tertiary alicyclic amines) is 1. The number of aliphatic carboxylic acids is 1. The van der Waals surface area contributed by atoms with Crippen LogP contribution in [0.1, 0.15) is 18.4 Å². The van der Waals surface area contributed by atoms with Crippen LogP contribution >= 0.6 is 0 Å². The second-order valence-corrected chi connectivity index (χ2v) is 6.91. The summed E-state index contributed by atoms with van der Waals surface area (Å²) in [6, 6.07) is 7.53. The number of piperidine rings is 1. The lowest BCUT2D eigenvalue weighted by Gasteiger charge is -2.33. The van der Waals surface area contributed by atoms with Crippen molar-refractivity contribution in [3.05, 3.63) is 29.8 Å². The standard InChI is InChI=1S/C18H25N3O5/c19-9-12-1-3-14(4-2-12)21-11-15(26-18(21)25)10-20-7-5-13(6-8-20)16(22)17(23)24/h1-4,13,15-16,22H,5-11,19H2,(H,23,24). The molecule has 0 spiro atoms. The molecule has 3 rings (SSSR count). The third kappa shape index (κ3) is 4.14. The van der Waals surface area contributed by atoms with Gasteiger partial charge in [-0.25, -0.2) is 9.59 Å². The summed E-state index contributed by atoms with van der Waals surface area (Å²) in [7, 11) is 0. The van der Waals surface area contributed by atoms with Gasteiger partial charge in [0.15, 0.2) is 6.10 Å². The number of anilines is 1. The predicted molar refractivity (Wildman–Crippen MR) is 94.8 cm³/mol. The molecule has 2 unspecified atom stereocenters. The Morgan fingerprint density at radius 1 is 1.27 bits per heavy atom. The van der Waals surface area contributed by atoms with Crippen molar-refractivity contribution in [3.8, 4) is 0 Å². The average Bonchev–Trinajstić information content (AvgIpc) is 3.02. The van der Waals surface area contributed by atoms with Crippen LogP contribution in [0, 0.1) is 5.92 Å². The Kier molecular flexibility index (Phi) is 5.75. The Hall–Kier alpha value is -2.16. The van der Waals surface area contributed by atoms with Gasteiger partial charge < -0.3 is 20.7 Å². The van der Waals surface area contributed by atoms with Crippen LogP contribution in [0.3, 0.4) is 0 Å². The number of carboxylic acid groups (broad SMARTS) is 1. The van der Waals surface area contributed by atoms with E-state index in [1.165, 1.54) is 0 Å². The zero-order chi connectivity index (χ0) is 18.7. The van der Waals surface area contributed by atoms with Crippen LogP contribution in [0.15, 0.2) is 24.3 Å². The van der Waals surface area contributed by atoms with Gasteiger partial charge in [-0.2, -0.15) is 0 Å². The molecule has 26 heavy (non-hydrogen) atoms. The van der Waals surface area contributed by atoms with Crippen LogP contribution in [-0.2, 0) is 16.1 Å². The highest BCUT2D eigenvalue weighted by Gasteiger charge is 2.35. The second kappa shape index (κ2) is 8.03. The molecule has 8 nitrogen and oxygen atoms in total. The predicted octanol–water partition coefficient (Wildman–Crippen LogP) is 0.628. The number of cyclic esters (lactones) is 1. The third-order valence-corrected chi connectivity index (χ3v) is 5.15. The van der Waals surface area contributed by atoms with Gasteiger partial charge in [0.1, 0.15) is 6.10 Å². The summed E-state index contributed by atoms with van der Waals surface area (Å²) in [5.41, 5.74) is 7.39. The fourth-order valence-electron chi connectivity index (χ4n) is 3.58. The van der Waals surface area contributed by atoms with Crippen LogP contribution in [0.4, 0.5) is 10.5 Å². The molecule has 2 heterocycles. The molecule has 2 fully saturated rings. The summed E-state index contributed by atoms with van der Waals surface area (Å²) in [6.45, 7) is 2.93. The molecule has 2 atom stereocenters. The van der Waals surface area contributed by atoms with Gasteiger partial charge in [0.25, 0.3) is 0 Å². The van der Waals surface area contributed by atoms with Crippen molar-refractivity contribution in [2.24, 2.45) is 11.7 Å². The van der Waals surface area contributed by atoms with Gasteiger partial charge in [0.2, 0.25) is 0 Å². The Balaban J connectivity index is 1.51. The molecule has 2 aliphatic heterocycles. The summed E-state index contributed by atoms with van der Waals surface area (Å²) in [6.07, 6.45) is -0.630. The van der Waals surface area contributed by atoms with E-state index in [0.29, 0.717) is 45.6 Å². The summed E-state index contributed by atoms with van der Waals surface area (Å²) in [4.78, 5) is 26.8. The molecule has 1 aromatic rings. The molecule has 0 saturated carbocycles. The zero-order valence-corrected chi connectivity index (χ0v) is 14.6. The highest BCUT2D eigenvalue weighted by atomic mass is 16.6. The number of ether oxygens (including phenoxy) is 1. The molecule has 0 bridgehead atoms. The normalized spacial score (nSPS) is 23.1. The number of aliphatic hydroxyl groups excluding tert-OH is 1. The van der Waals surface area contributed by atoms with Gasteiger partial charge in [0, 0.05) is 18.8 Å². The van der Waals surface area contributed by atoms with E-state index in [9.17, 15) is 14.7 Å². The van der Waals surface area contributed by atoms with Crippen molar-refractivity contribution in [3.63, 3.8) is 0 Å². The first-order valence-corrected chi connectivity index (χ1v) is 8.88. The van der Waals surface area contributed by atoms with E-state index < -0.39 is 12.1 Å². The molecule has 0 aliphatic carbocycles. The first-order valence-electron chi connectivity index (χ1n) is 8.88. The van der Waals surface area contributed by atoms with Gasteiger partial charge in [-0.3, -0.25) is 9.80 Å². The van der Waals surface area contributed by atoms with E-state index in [0.717, 1.165) is 11.3 Å². The topological polar surface area (TPSA) is 116 Å². The minimum absolute atomic E-state index is 0.215. The lowest BCUT2D eigenvalue weighted by molar-refractivity contribution is -0.150. The number of aliphatic hydroxyl groups is 1. The number of carbonyl (C=O) groups is 2. The molecule has 0 radical (unpaired) electrons.